The van der Waals surface area contributed by atoms with Crippen LogP contribution in [0.15, 0.2) is 47.9 Å². The number of nitrogens with zero attached hydrogens (tertiary/aromatic N) is 6. The van der Waals surface area contributed by atoms with Crippen LogP contribution in [0.2, 0.25) is 0 Å². The second-order valence-electron chi connectivity index (χ2n) is 7.07. The summed E-state index contributed by atoms with van der Waals surface area (Å²) < 4.78 is 14.9. The highest BCUT2D eigenvalue weighted by atomic mass is 32.2. The van der Waals surface area contributed by atoms with Gasteiger partial charge in [-0.05, 0) is 49.1 Å². The second kappa shape index (κ2) is 8.69. The third-order valence-electron chi connectivity index (χ3n) is 4.99. The van der Waals surface area contributed by atoms with Crippen molar-refractivity contribution in [2.24, 2.45) is 5.92 Å². The molecule has 1 aromatic carbocycles. The molecule has 0 saturated carbocycles. The van der Waals surface area contributed by atoms with Crippen LogP contribution in [0, 0.1) is 11.7 Å². The number of carbonyl (C=O) groups excluding carboxylic acids is 1. The van der Waals surface area contributed by atoms with E-state index in [1.54, 1.807) is 35.3 Å². The van der Waals surface area contributed by atoms with Crippen LogP contribution in [0.3, 0.4) is 0 Å². The van der Waals surface area contributed by atoms with Crippen LogP contribution >= 0.6 is 11.8 Å². The van der Waals surface area contributed by atoms with Gasteiger partial charge in [-0.1, -0.05) is 23.9 Å². The lowest BCUT2D eigenvalue weighted by Gasteiger charge is -2.29. The summed E-state index contributed by atoms with van der Waals surface area (Å²) in [6.07, 6.45) is 5.32. The highest BCUT2D eigenvalue weighted by Gasteiger charge is 2.27. The molecule has 150 valence electrons. The summed E-state index contributed by atoms with van der Waals surface area (Å²) >= 11 is 1.40. The molecule has 1 amide bonds. The number of halogens is 1. The molecule has 1 fully saturated rings. The van der Waals surface area contributed by atoms with Crippen molar-refractivity contribution in [2.45, 2.75) is 30.7 Å². The molecular formula is C20H21FN6OS. The molecule has 0 unspecified atom stereocenters. The molecule has 29 heavy (non-hydrogen) atoms. The summed E-state index contributed by atoms with van der Waals surface area (Å²) in [6.45, 7) is 3.64. The molecule has 0 atom stereocenters. The number of amides is 1. The summed E-state index contributed by atoms with van der Waals surface area (Å²) in [5, 5.41) is 9.00. The van der Waals surface area contributed by atoms with Gasteiger partial charge in [0.05, 0.1) is 11.4 Å². The van der Waals surface area contributed by atoms with E-state index in [1.165, 1.54) is 23.9 Å². The van der Waals surface area contributed by atoms with Crippen molar-refractivity contribution in [2.75, 3.05) is 13.1 Å². The molecule has 2 aromatic heterocycles. The first-order valence-corrected chi connectivity index (χ1v) is 10.5. The fourth-order valence-electron chi connectivity index (χ4n) is 3.24. The van der Waals surface area contributed by atoms with Gasteiger partial charge >= 0.3 is 0 Å². The van der Waals surface area contributed by atoms with Crippen molar-refractivity contribution in [1.29, 1.82) is 0 Å². The van der Waals surface area contributed by atoms with Gasteiger partial charge in [-0.2, -0.15) is 0 Å². The Balaban J connectivity index is 1.65. The zero-order valence-corrected chi connectivity index (χ0v) is 16.8. The number of carbonyl (C=O) groups is 1. The summed E-state index contributed by atoms with van der Waals surface area (Å²) in [7, 11) is 0. The second-order valence-corrected chi connectivity index (χ2v) is 8.01. The van der Waals surface area contributed by atoms with Crippen LogP contribution in [-0.2, 0) is 5.75 Å². The number of hydrogen-bond donors (Lipinski definition) is 0. The molecule has 1 saturated heterocycles. The highest BCUT2D eigenvalue weighted by Crippen LogP contribution is 2.25. The molecular weight excluding hydrogens is 391 g/mol. The number of thioether (sulfide) groups is 1. The number of hydrogen-bond acceptors (Lipinski definition) is 6. The zero-order chi connectivity index (χ0) is 20.2. The Morgan fingerprint density at radius 1 is 1.17 bits per heavy atom. The third kappa shape index (κ3) is 4.45. The van der Waals surface area contributed by atoms with Crippen LogP contribution in [0.5, 0.6) is 0 Å². The minimum Gasteiger partial charge on any atom is -0.337 e. The number of benzene rings is 1. The Morgan fingerprint density at radius 3 is 2.55 bits per heavy atom. The number of rotatable bonds is 5. The molecule has 1 aliphatic rings. The average Bonchev–Trinajstić information content (AvgIpc) is 3.17. The van der Waals surface area contributed by atoms with Gasteiger partial charge in [0.25, 0.3) is 5.91 Å². The van der Waals surface area contributed by atoms with E-state index in [9.17, 15) is 9.18 Å². The molecule has 7 nitrogen and oxygen atoms in total. The quantitative estimate of drug-likeness (QED) is 0.472. The van der Waals surface area contributed by atoms with Gasteiger partial charge in [0, 0.05) is 31.2 Å². The zero-order valence-electron chi connectivity index (χ0n) is 16.0. The lowest BCUT2D eigenvalue weighted by Crippen LogP contribution is -2.38. The molecule has 0 radical (unpaired) electrons. The van der Waals surface area contributed by atoms with Crippen LogP contribution in [0.1, 0.15) is 35.9 Å². The highest BCUT2D eigenvalue weighted by molar-refractivity contribution is 7.98. The van der Waals surface area contributed by atoms with Gasteiger partial charge in [-0.3, -0.25) is 4.79 Å². The van der Waals surface area contributed by atoms with E-state index in [-0.39, 0.29) is 11.7 Å². The molecule has 0 aliphatic carbocycles. The normalized spacial score (nSPS) is 14.9. The van der Waals surface area contributed by atoms with Crippen LogP contribution in [0.25, 0.3) is 5.69 Å². The average molecular weight is 412 g/mol. The first-order valence-electron chi connectivity index (χ1n) is 9.51. The van der Waals surface area contributed by atoms with Crippen LogP contribution in [-0.4, -0.2) is 48.9 Å². The van der Waals surface area contributed by atoms with E-state index in [2.05, 4.69) is 27.2 Å². The first kappa shape index (κ1) is 19.5. The molecule has 1 aliphatic heterocycles. The minimum atomic E-state index is -0.332. The number of aromatic nitrogens is 5. The molecule has 0 spiro atoms. The molecule has 3 aromatic rings. The Hall–Kier alpha value is -2.81. The van der Waals surface area contributed by atoms with E-state index in [1.807, 2.05) is 4.90 Å². The van der Waals surface area contributed by atoms with Crippen molar-refractivity contribution < 1.29 is 9.18 Å². The van der Waals surface area contributed by atoms with E-state index in [0.717, 1.165) is 25.9 Å². The standard InChI is InChI=1S/C20H21FN6OS/c1-14-7-11-26(12-8-14)19(28)18-17(13-29-20-22-9-2-10-23-20)27(25-24-18)16-5-3-15(21)4-6-16/h2-6,9-10,14H,7-8,11-13H2,1H3. The van der Waals surface area contributed by atoms with Gasteiger partial charge in [-0.25, -0.2) is 19.0 Å². The van der Waals surface area contributed by atoms with Crippen molar-refractivity contribution in [3.8, 4) is 5.69 Å². The summed E-state index contributed by atoms with van der Waals surface area (Å²) in [5.41, 5.74) is 1.62. The van der Waals surface area contributed by atoms with Crippen molar-refractivity contribution in [1.82, 2.24) is 29.9 Å². The molecule has 3 heterocycles. The Labute approximate surface area is 172 Å². The topological polar surface area (TPSA) is 76.8 Å². The maximum atomic E-state index is 13.4. The Morgan fingerprint density at radius 2 is 1.86 bits per heavy atom. The summed E-state index contributed by atoms with van der Waals surface area (Å²) in [5.74, 6) is 0.593. The SMILES string of the molecule is CC1CCN(C(=O)c2nnn(-c3ccc(F)cc3)c2CSc2ncccn2)CC1. The minimum absolute atomic E-state index is 0.116. The monoisotopic (exact) mass is 412 g/mol. The molecule has 9 heteroatoms. The van der Waals surface area contributed by atoms with Crippen LogP contribution in [0.4, 0.5) is 4.39 Å². The van der Waals surface area contributed by atoms with E-state index in [4.69, 9.17) is 0 Å². The lowest BCUT2D eigenvalue weighted by molar-refractivity contribution is 0.0690. The number of piperidine rings is 1. The van der Waals surface area contributed by atoms with Gasteiger partial charge in [-0.15, -0.1) is 5.10 Å². The van der Waals surface area contributed by atoms with E-state index < -0.39 is 0 Å². The largest absolute Gasteiger partial charge is 0.337 e. The van der Waals surface area contributed by atoms with Crippen molar-refractivity contribution >= 4 is 17.7 Å². The van der Waals surface area contributed by atoms with Crippen molar-refractivity contribution in [3.05, 3.63) is 59.9 Å². The summed E-state index contributed by atoms with van der Waals surface area (Å²) in [6, 6.07) is 7.71. The third-order valence-corrected chi connectivity index (χ3v) is 5.87. The van der Waals surface area contributed by atoms with Gasteiger partial charge < -0.3 is 4.90 Å². The maximum absolute atomic E-state index is 13.4. The predicted molar refractivity (Wildman–Crippen MR) is 107 cm³/mol. The maximum Gasteiger partial charge on any atom is 0.276 e. The van der Waals surface area contributed by atoms with Gasteiger partial charge in [0.1, 0.15) is 5.82 Å². The fourth-order valence-corrected chi connectivity index (χ4v) is 4.04. The Bertz CT molecular complexity index is 970. The predicted octanol–water partition coefficient (Wildman–Crippen LogP) is 3.36. The van der Waals surface area contributed by atoms with Gasteiger partial charge in [0.2, 0.25) is 0 Å². The van der Waals surface area contributed by atoms with E-state index >= 15 is 0 Å². The first-order chi connectivity index (χ1) is 14.1. The lowest BCUT2D eigenvalue weighted by atomic mass is 9.99. The molecule has 0 bridgehead atoms. The summed E-state index contributed by atoms with van der Waals surface area (Å²) in [4.78, 5) is 23.4. The van der Waals surface area contributed by atoms with Gasteiger partial charge in [0.15, 0.2) is 10.9 Å². The number of likely N-dealkylation sites (tertiary alicyclic amines) is 1. The smallest absolute Gasteiger partial charge is 0.276 e. The van der Waals surface area contributed by atoms with Crippen LogP contribution < -0.4 is 0 Å². The molecule has 0 N–H and O–H groups in total. The fraction of sp³-hybridized carbons (Fsp3) is 0.350. The molecule has 4 rings (SSSR count). The van der Waals surface area contributed by atoms with Crippen molar-refractivity contribution in [3.63, 3.8) is 0 Å². The Kier molecular flexibility index (Phi) is 5.84. The van der Waals surface area contributed by atoms with E-state index in [0.29, 0.717) is 33.9 Å².